The van der Waals surface area contributed by atoms with Gasteiger partial charge in [0.15, 0.2) is 0 Å². The van der Waals surface area contributed by atoms with Crippen LogP contribution in [-0.4, -0.2) is 42.1 Å². The van der Waals surface area contributed by atoms with Crippen LogP contribution < -0.4 is 10.1 Å². The molecule has 26 heavy (non-hydrogen) atoms. The van der Waals surface area contributed by atoms with E-state index in [1.54, 1.807) is 7.11 Å². The highest BCUT2D eigenvalue weighted by molar-refractivity contribution is 5.96. The SMILES string of the molecule is CCc1nn(-c2ccc(OC)cc2)c(CC)c1C(=O)NC[C@@H]1CCCO1. The molecule has 1 atom stereocenters. The number of benzene rings is 1. The summed E-state index contributed by atoms with van der Waals surface area (Å²) in [4.78, 5) is 12.9. The third kappa shape index (κ3) is 3.75. The van der Waals surface area contributed by atoms with E-state index in [1.165, 1.54) is 0 Å². The fraction of sp³-hybridized carbons (Fsp3) is 0.500. The molecule has 1 aromatic carbocycles. The molecule has 6 heteroatoms. The topological polar surface area (TPSA) is 65.4 Å². The summed E-state index contributed by atoms with van der Waals surface area (Å²) in [7, 11) is 1.64. The first-order valence-corrected chi connectivity index (χ1v) is 9.32. The number of carbonyl (C=O) groups is 1. The molecule has 0 saturated carbocycles. The number of aromatic nitrogens is 2. The van der Waals surface area contributed by atoms with E-state index < -0.39 is 0 Å². The van der Waals surface area contributed by atoms with Crippen LogP contribution in [0.25, 0.3) is 5.69 Å². The maximum atomic E-state index is 12.9. The van der Waals surface area contributed by atoms with Crippen LogP contribution in [0.1, 0.15) is 48.4 Å². The zero-order valence-corrected chi connectivity index (χ0v) is 15.7. The van der Waals surface area contributed by atoms with Crippen molar-refractivity contribution in [3.05, 3.63) is 41.2 Å². The highest BCUT2D eigenvalue weighted by atomic mass is 16.5. The lowest BCUT2D eigenvalue weighted by Crippen LogP contribution is -2.32. The van der Waals surface area contributed by atoms with Gasteiger partial charge in [0, 0.05) is 13.2 Å². The van der Waals surface area contributed by atoms with Crippen molar-refractivity contribution in [3.8, 4) is 11.4 Å². The smallest absolute Gasteiger partial charge is 0.255 e. The van der Waals surface area contributed by atoms with Crippen molar-refractivity contribution in [1.29, 1.82) is 0 Å². The van der Waals surface area contributed by atoms with Gasteiger partial charge in [0.25, 0.3) is 5.91 Å². The largest absolute Gasteiger partial charge is 0.497 e. The van der Waals surface area contributed by atoms with E-state index in [9.17, 15) is 4.79 Å². The Morgan fingerprint density at radius 2 is 2.08 bits per heavy atom. The fourth-order valence-electron chi connectivity index (χ4n) is 3.38. The van der Waals surface area contributed by atoms with Crippen LogP contribution in [0.5, 0.6) is 5.75 Å². The minimum Gasteiger partial charge on any atom is -0.497 e. The van der Waals surface area contributed by atoms with Crippen LogP contribution in [0.2, 0.25) is 0 Å². The van der Waals surface area contributed by atoms with Crippen molar-refractivity contribution < 1.29 is 14.3 Å². The zero-order valence-electron chi connectivity index (χ0n) is 15.7. The van der Waals surface area contributed by atoms with E-state index in [-0.39, 0.29) is 12.0 Å². The number of rotatable bonds is 7. The second-order valence-corrected chi connectivity index (χ2v) is 6.43. The Balaban J connectivity index is 1.88. The number of carbonyl (C=O) groups excluding carboxylic acids is 1. The minimum atomic E-state index is -0.0611. The minimum absolute atomic E-state index is 0.0611. The first-order valence-electron chi connectivity index (χ1n) is 9.32. The standard InChI is InChI=1S/C20H27N3O3/c1-4-17-19(20(24)21-13-16-7-6-12-26-16)18(5-2)23(22-17)14-8-10-15(25-3)11-9-14/h8-11,16H,4-7,12-13H2,1-3H3,(H,21,24)/t16-/m0/s1. The molecular formula is C20H27N3O3. The number of nitrogens with one attached hydrogen (secondary N) is 1. The summed E-state index contributed by atoms with van der Waals surface area (Å²) in [6.07, 6.45) is 3.63. The zero-order chi connectivity index (χ0) is 18.5. The Hall–Kier alpha value is -2.34. The number of hydrogen-bond acceptors (Lipinski definition) is 4. The summed E-state index contributed by atoms with van der Waals surface area (Å²) >= 11 is 0. The van der Waals surface area contributed by atoms with E-state index in [0.29, 0.717) is 18.5 Å². The number of methoxy groups -OCH3 is 1. The van der Waals surface area contributed by atoms with E-state index in [2.05, 4.69) is 5.32 Å². The first-order chi connectivity index (χ1) is 12.7. The van der Waals surface area contributed by atoms with Gasteiger partial charge < -0.3 is 14.8 Å². The Bertz CT molecular complexity index is 746. The molecule has 0 unspecified atom stereocenters. The van der Waals surface area contributed by atoms with Crippen LogP contribution in [0.15, 0.2) is 24.3 Å². The molecule has 1 saturated heterocycles. The monoisotopic (exact) mass is 357 g/mol. The van der Waals surface area contributed by atoms with Crippen LogP contribution in [0.3, 0.4) is 0 Å². The lowest BCUT2D eigenvalue weighted by molar-refractivity contribution is 0.0856. The van der Waals surface area contributed by atoms with E-state index in [4.69, 9.17) is 14.6 Å². The van der Waals surface area contributed by atoms with Crippen molar-refractivity contribution in [2.24, 2.45) is 0 Å². The highest BCUT2D eigenvalue weighted by Gasteiger charge is 2.24. The second-order valence-electron chi connectivity index (χ2n) is 6.43. The normalized spacial score (nSPS) is 16.7. The molecule has 2 aromatic rings. The Labute approximate surface area is 154 Å². The van der Waals surface area contributed by atoms with Gasteiger partial charge in [-0.25, -0.2) is 4.68 Å². The highest BCUT2D eigenvalue weighted by Crippen LogP contribution is 2.22. The van der Waals surface area contributed by atoms with E-state index >= 15 is 0 Å². The molecule has 6 nitrogen and oxygen atoms in total. The van der Waals surface area contributed by atoms with E-state index in [1.807, 2.05) is 42.8 Å². The summed E-state index contributed by atoms with van der Waals surface area (Å²) in [6.45, 7) is 5.42. The van der Waals surface area contributed by atoms with Crippen LogP contribution in [-0.2, 0) is 17.6 Å². The summed E-state index contributed by atoms with van der Waals surface area (Å²) in [5, 5.41) is 7.75. The van der Waals surface area contributed by atoms with Crippen molar-refractivity contribution >= 4 is 5.91 Å². The average Bonchev–Trinajstić information content (AvgIpc) is 3.33. The Morgan fingerprint density at radius 1 is 1.31 bits per heavy atom. The summed E-state index contributed by atoms with van der Waals surface area (Å²) in [5.74, 6) is 0.734. The second kappa shape index (κ2) is 8.36. The number of ether oxygens (including phenoxy) is 2. The number of amides is 1. The van der Waals surface area contributed by atoms with Crippen molar-refractivity contribution in [1.82, 2.24) is 15.1 Å². The lowest BCUT2D eigenvalue weighted by atomic mass is 10.1. The van der Waals surface area contributed by atoms with Gasteiger partial charge in [0.2, 0.25) is 0 Å². The fourth-order valence-corrected chi connectivity index (χ4v) is 3.38. The average molecular weight is 357 g/mol. The predicted octanol–water partition coefficient (Wildman–Crippen LogP) is 2.91. The maximum absolute atomic E-state index is 12.9. The molecule has 0 spiro atoms. The third-order valence-corrected chi connectivity index (χ3v) is 4.78. The molecule has 1 aliphatic heterocycles. The van der Waals surface area contributed by atoms with Gasteiger partial charge in [0.1, 0.15) is 5.75 Å². The number of nitrogens with zero attached hydrogens (tertiary/aromatic N) is 2. The summed E-state index contributed by atoms with van der Waals surface area (Å²) < 4.78 is 12.7. The molecule has 1 N–H and O–H groups in total. The van der Waals surface area contributed by atoms with Gasteiger partial charge in [-0.05, 0) is 49.9 Å². The number of aryl methyl sites for hydroxylation is 1. The molecule has 1 aliphatic rings. The van der Waals surface area contributed by atoms with Crippen LogP contribution in [0.4, 0.5) is 0 Å². The predicted molar refractivity (Wildman–Crippen MR) is 100 cm³/mol. The molecule has 1 amide bonds. The van der Waals surface area contributed by atoms with Gasteiger partial charge in [-0.1, -0.05) is 13.8 Å². The molecule has 140 valence electrons. The molecule has 3 rings (SSSR count). The molecular weight excluding hydrogens is 330 g/mol. The van der Waals surface area contributed by atoms with Crippen molar-refractivity contribution in [2.75, 3.05) is 20.3 Å². The van der Waals surface area contributed by atoms with Crippen molar-refractivity contribution in [2.45, 2.75) is 45.6 Å². The number of hydrogen-bond donors (Lipinski definition) is 1. The van der Waals surface area contributed by atoms with Gasteiger partial charge in [0.05, 0.1) is 35.9 Å². The molecule has 0 bridgehead atoms. The van der Waals surface area contributed by atoms with Gasteiger partial charge in [-0.15, -0.1) is 0 Å². The van der Waals surface area contributed by atoms with E-state index in [0.717, 1.165) is 48.7 Å². The van der Waals surface area contributed by atoms with Gasteiger partial charge in [-0.2, -0.15) is 5.10 Å². The first kappa shape index (κ1) is 18.5. The molecule has 1 aromatic heterocycles. The Morgan fingerprint density at radius 3 is 2.65 bits per heavy atom. The molecule has 1 fully saturated rings. The molecule has 0 radical (unpaired) electrons. The maximum Gasteiger partial charge on any atom is 0.255 e. The van der Waals surface area contributed by atoms with Crippen LogP contribution in [0, 0.1) is 0 Å². The van der Waals surface area contributed by atoms with Crippen LogP contribution >= 0.6 is 0 Å². The van der Waals surface area contributed by atoms with Gasteiger partial charge >= 0.3 is 0 Å². The summed E-state index contributed by atoms with van der Waals surface area (Å²) in [5.41, 5.74) is 3.37. The lowest BCUT2D eigenvalue weighted by Gasteiger charge is -2.12. The Kier molecular flexibility index (Phi) is 5.93. The third-order valence-electron chi connectivity index (χ3n) is 4.78. The summed E-state index contributed by atoms with van der Waals surface area (Å²) in [6, 6.07) is 7.72. The molecule has 2 heterocycles. The quantitative estimate of drug-likeness (QED) is 0.827. The molecule has 0 aliphatic carbocycles. The van der Waals surface area contributed by atoms with Crippen molar-refractivity contribution in [3.63, 3.8) is 0 Å². The van der Waals surface area contributed by atoms with Gasteiger partial charge in [-0.3, -0.25) is 4.79 Å².